The maximum Gasteiger partial charge on any atom is 0.104 e. The van der Waals surface area contributed by atoms with Gasteiger partial charge < -0.3 is 4.74 Å². The fourth-order valence-corrected chi connectivity index (χ4v) is 3.48. The molecular formula is C15H20O. The molecule has 0 amide bonds. The summed E-state index contributed by atoms with van der Waals surface area (Å²) in [6.07, 6.45) is 2.43. The van der Waals surface area contributed by atoms with Crippen LogP contribution in [-0.4, -0.2) is 11.2 Å². The molecule has 1 aliphatic heterocycles. The van der Waals surface area contributed by atoms with Crippen LogP contribution < -0.4 is 0 Å². The second-order valence-electron chi connectivity index (χ2n) is 6.06. The van der Waals surface area contributed by atoms with Crippen molar-refractivity contribution in [2.75, 3.05) is 0 Å². The Balaban J connectivity index is 2.04. The van der Waals surface area contributed by atoms with Crippen LogP contribution in [-0.2, 0) is 10.2 Å². The lowest BCUT2D eigenvalue weighted by molar-refractivity contribution is 0.163. The number of ether oxygens (including phenoxy) is 1. The van der Waals surface area contributed by atoms with Gasteiger partial charge in [0.05, 0.1) is 5.60 Å². The van der Waals surface area contributed by atoms with Crippen LogP contribution >= 0.6 is 0 Å². The summed E-state index contributed by atoms with van der Waals surface area (Å²) in [5.74, 6) is 0. The van der Waals surface area contributed by atoms with Gasteiger partial charge in [-0.3, -0.25) is 0 Å². The van der Waals surface area contributed by atoms with E-state index in [1.165, 1.54) is 24.0 Å². The molecule has 1 aliphatic carbocycles. The summed E-state index contributed by atoms with van der Waals surface area (Å²) in [4.78, 5) is 0. The molecule has 1 saturated heterocycles. The first-order valence-electron chi connectivity index (χ1n) is 6.19. The van der Waals surface area contributed by atoms with Crippen LogP contribution in [0, 0.1) is 6.92 Å². The SMILES string of the molecule is Cc1ccc(C2(C)CCC3(C)OC32C)cc1. The van der Waals surface area contributed by atoms with Gasteiger partial charge in [0.15, 0.2) is 0 Å². The highest BCUT2D eigenvalue weighted by molar-refractivity contribution is 5.40. The maximum atomic E-state index is 6.03. The van der Waals surface area contributed by atoms with Gasteiger partial charge in [0.1, 0.15) is 5.60 Å². The van der Waals surface area contributed by atoms with E-state index in [1.807, 2.05) is 0 Å². The molecule has 3 rings (SSSR count). The Labute approximate surface area is 97.8 Å². The van der Waals surface area contributed by atoms with Crippen molar-refractivity contribution in [3.63, 3.8) is 0 Å². The summed E-state index contributed by atoms with van der Waals surface area (Å²) in [7, 11) is 0. The van der Waals surface area contributed by atoms with Gasteiger partial charge in [0, 0.05) is 5.41 Å². The normalized spacial score (nSPS) is 45.5. The third kappa shape index (κ3) is 1.00. The van der Waals surface area contributed by atoms with Gasteiger partial charge in [-0.2, -0.15) is 0 Å². The maximum absolute atomic E-state index is 6.03. The lowest BCUT2D eigenvalue weighted by Gasteiger charge is -2.31. The van der Waals surface area contributed by atoms with Crippen LogP contribution in [0.25, 0.3) is 0 Å². The smallest absolute Gasteiger partial charge is 0.104 e. The summed E-state index contributed by atoms with van der Waals surface area (Å²) in [6, 6.07) is 8.96. The molecule has 2 aliphatic rings. The van der Waals surface area contributed by atoms with Gasteiger partial charge >= 0.3 is 0 Å². The number of benzene rings is 1. The molecule has 86 valence electrons. The van der Waals surface area contributed by atoms with Gasteiger partial charge in [0.2, 0.25) is 0 Å². The van der Waals surface area contributed by atoms with Crippen molar-refractivity contribution in [3.8, 4) is 0 Å². The summed E-state index contributed by atoms with van der Waals surface area (Å²) in [5.41, 5.74) is 3.13. The zero-order valence-corrected chi connectivity index (χ0v) is 10.6. The quantitative estimate of drug-likeness (QED) is 0.653. The molecule has 0 radical (unpaired) electrons. The largest absolute Gasteiger partial charge is 0.362 e. The van der Waals surface area contributed by atoms with E-state index in [9.17, 15) is 0 Å². The van der Waals surface area contributed by atoms with E-state index in [2.05, 4.69) is 52.0 Å². The van der Waals surface area contributed by atoms with Gasteiger partial charge in [-0.25, -0.2) is 0 Å². The summed E-state index contributed by atoms with van der Waals surface area (Å²) in [6.45, 7) is 9.03. The lowest BCUT2D eigenvalue weighted by Crippen LogP contribution is -2.36. The zero-order valence-electron chi connectivity index (χ0n) is 10.6. The number of rotatable bonds is 1. The summed E-state index contributed by atoms with van der Waals surface area (Å²) < 4.78 is 6.03. The Morgan fingerprint density at radius 3 is 2.06 bits per heavy atom. The van der Waals surface area contributed by atoms with Gasteiger partial charge in [-0.15, -0.1) is 0 Å². The minimum atomic E-state index is 0.0509. The molecule has 2 fully saturated rings. The fraction of sp³-hybridized carbons (Fsp3) is 0.600. The summed E-state index contributed by atoms with van der Waals surface area (Å²) >= 11 is 0. The van der Waals surface area contributed by atoms with E-state index in [-0.39, 0.29) is 16.6 Å². The number of epoxide rings is 1. The molecule has 0 bridgehead atoms. The summed E-state index contributed by atoms with van der Waals surface area (Å²) in [5, 5.41) is 0. The van der Waals surface area contributed by atoms with Crippen LogP contribution in [0.4, 0.5) is 0 Å². The Kier molecular flexibility index (Phi) is 1.75. The molecule has 1 aromatic rings. The van der Waals surface area contributed by atoms with Gasteiger partial charge in [-0.05, 0) is 39.2 Å². The average Bonchev–Trinajstić information content (AvgIpc) is 2.75. The highest BCUT2D eigenvalue weighted by atomic mass is 16.6. The van der Waals surface area contributed by atoms with E-state index in [4.69, 9.17) is 4.74 Å². The number of hydrogen-bond donors (Lipinski definition) is 0. The number of aryl methyl sites for hydroxylation is 1. The van der Waals surface area contributed by atoms with Crippen molar-refractivity contribution in [1.29, 1.82) is 0 Å². The van der Waals surface area contributed by atoms with Crippen LogP contribution in [0.3, 0.4) is 0 Å². The zero-order chi connectivity index (χ0) is 11.6. The van der Waals surface area contributed by atoms with Crippen LogP contribution in [0.15, 0.2) is 24.3 Å². The molecule has 1 aromatic carbocycles. The van der Waals surface area contributed by atoms with Crippen molar-refractivity contribution >= 4 is 0 Å². The van der Waals surface area contributed by atoms with E-state index in [0.717, 1.165) is 0 Å². The minimum Gasteiger partial charge on any atom is -0.362 e. The molecule has 0 aromatic heterocycles. The topological polar surface area (TPSA) is 12.5 Å². The van der Waals surface area contributed by atoms with E-state index >= 15 is 0 Å². The van der Waals surface area contributed by atoms with Crippen LogP contribution in [0.5, 0.6) is 0 Å². The first-order valence-corrected chi connectivity index (χ1v) is 6.19. The van der Waals surface area contributed by atoms with Crippen LogP contribution in [0.2, 0.25) is 0 Å². The Hall–Kier alpha value is -0.820. The molecule has 3 unspecified atom stereocenters. The van der Waals surface area contributed by atoms with E-state index in [1.54, 1.807) is 0 Å². The third-order valence-corrected chi connectivity index (χ3v) is 5.24. The highest BCUT2D eigenvalue weighted by Crippen LogP contribution is 2.68. The standard InChI is InChI=1S/C15H20O/c1-11-5-7-12(8-6-11)13(2)9-10-14(3)15(13,4)16-14/h5-8H,9-10H2,1-4H3. The van der Waals surface area contributed by atoms with Crippen molar-refractivity contribution in [2.45, 2.75) is 57.2 Å². The average molecular weight is 216 g/mol. The number of fused-ring (bicyclic) bond motifs is 1. The molecule has 3 atom stereocenters. The van der Waals surface area contributed by atoms with Crippen molar-refractivity contribution in [3.05, 3.63) is 35.4 Å². The molecule has 1 heteroatoms. The van der Waals surface area contributed by atoms with Crippen molar-refractivity contribution < 1.29 is 4.74 Å². The Morgan fingerprint density at radius 2 is 1.62 bits per heavy atom. The van der Waals surface area contributed by atoms with E-state index in [0.29, 0.717) is 0 Å². The molecule has 1 nitrogen and oxygen atoms in total. The molecular weight excluding hydrogens is 196 g/mol. The first-order chi connectivity index (χ1) is 7.41. The Bertz CT molecular complexity index is 431. The van der Waals surface area contributed by atoms with Gasteiger partial charge in [0.25, 0.3) is 0 Å². The van der Waals surface area contributed by atoms with Gasteiger partial charge in [-0.1, -0.05) is 36.8 Å². The second kappa shape index (κ2) is 2.70. The molecule has 1 saturated carbocycles. The molecule has 1 heterocycles. The predicted octanol–water partition coefficient (Wildman–Crippen LogP) is 3.59. The fourth-order valence-electron chi connectivity index (χ4n) is 3.48. The first kappa shape index (κ1) is 10.3. The Morgan fingerprint density at radius 1 is 1.00 bits per heavy atom. The lowest BCUT2D eigenvalue weighted by atomic mass is 9.72. The predicted molar refractivity (Wildman–Crippen MR) is 65.7 cm³/mol. The molecule has 0 spiro atoms. The van der Waals surface area contributed by atoms with Crippen molar-refractivity contribution in [1.82, 2.24) is 0 Å². The molecule has 16 heavy (non-hydrogen) atoms. The van der Waals surface area contributed by atoms with Crippen molar-refractivity contribution in [2.24, 2.45) is 0 Å². The molecule has 0 N–H and O–H groups in total. The van der Waals surface area contributed by atoms with Crippen LogP contribution in [0.1, 0.15) is 44.7 Å². The minimum absolute atomic E-state index is 0.0509. The monoisotopic (exact) mass is 216 g/mol. The highest BCUT2D eigenvalue weighted by Gasteiger charge is 2.76. The third-order valence-electron chi connectivity index (χ3n) is 5.24. The second-order valence-corrected chi connectivity index (χ2v) is 6.06. The van der Waals surface area contributed by atoms with E-state index < -0.39 is 0 Å². The number of hydrogen-bond acceptors (Lipinski definition) is 1.